The summed E-state index contributed by atoms with van der Waals surface area (Å²) in [5, 5.41) is 0. The number of hydrogen-bond acceptors (Lipinski definition) is 0. The van der Waals surface area contributed by atoms with E-state index in [9.17, 15) is 0 Å². The first-order chi connectivity index (χ1) is 6.95. The second kappa shape index (κ2) is 3.90. The fourth-order valence-electron chi connectivity index (χ4n) is 2.27. The van der Waals surface area contributed by atoms with Crippen LogP contribution in [0.15, 0.2) is 48.5 Å². The zero-order valence-corrected chi connectivity index (χ0v) is 8.03. The van der Waals surface area contributed by atoms with Gasteiger partial charge in [-0.2, -0.15) is 0 Å². The minimum Gasteiger partial charge on any atom is -0.0776 e. The van der Waals surface area contributed by atoms with E-state index in [0.717, 1.165) is 0 Å². The van der Waals surface area contributed by atoms with E-state index in [1.165, 1.54) is 35.1 Å². The highest BCUT2D eigenvalue weighted by Crippen LogP contribution is 2.32. The number of aryl methyl sites for hydroxylation is 2. The minimum atomic E-state index is 0. The van der Waals surface area contributed by atoms with Gasteiger partial charge in [-0.15, -0.1) is 0 Å². The van der Waals surface area contributed by atoms with Gasteiger partial charge in [-0.25, -0.2) is 0 Å². The van der Waals surface area contributed by atoms with E-state index < -0.39 is 0 Å². The average Bonchev–Trinajstić information content (AvgIpc) is 2.29. The van der Waals surface area contributed by atoms with Crippen LogP contribution in [0.3, 0.4) is 0 Å². The van der Waals surface area contributed by atoms with Crippen LogP contribution in [0.1, 0.15) is 18.6 Å². The lowest BCUT2D eigenvalue weighted by Gasteiger charge is -2.19. The van der Waals surface area contributed by atoms with Gasteiger partial charge < -0.3 is 0 Å². The van der Waals surface area contributed by atoms with E-state index >= 15 is 0 Å². The summed E-state index contributed by atoms with van der Waals surface area (Å²) in [6.45, 7) is 0. The maximum atomic E-state index is 2.24. The van der Waals surface area contributed by atoms with E-state index in [1.807, 2.05) is 0 Å². The molecule has 0 radical (unpaired) electrons. The maximum Gasteiger partial charge on any atom is -0.0149 e. The molecule has 0 aromatic heterocycles. The summed E-state index contributed by atoms with van der Waals surface area (Å²) >= 11 is 0. The Balaban J connectivity index is 0.000000853. The predicted molar refractivity (Wildman–Crippen MR) is 66.0 cm³/mol. The third kappa shape index (κ3) is 1.56. The molecular formula is C15H16. The van der Waals surface area contributed by atoms with E-state index in [4.69, 9.17) is 0 Å². The summed E-state index contributed by atoms with van der Waals surface area (Å²) in [6, 6.07) is 17.5. The first-order valence-corrected chi connectivity index (χ1v) is 5.11. The SMILES string of the molecule is C.c1ccc2c(c1)CCc1ccccc1-2. The molecule has 0 spiro atoms. The second-order valence-electron chi connectivity index (χ2n) is 3.81. The smallest absolute Gasteiger partial charge is 0.0149 e. The van der Waals surface area contributed by atoms with Crippen molar-refractivity contribution in [3.05, 3.63) is 59.7 Å². The van der Waals surface area contributed by atoms with E-state index in [1.54, 1.807) is 0 Å². The van der Waals surface area contributed by atoms with Gasteiger partial charge in [0.2, 0.25) is 0 Å². The summed E-state index contributed by atoms with van der Waals surface area (Å²) in [7, 11) is 0. The molecule has 1 aliphatic carbocycles. The van der Waals surface area contributed by atoms with Crippen molar-refractivity contribution in [1.82, 2.24) is 0 Å². The molecule has 0 unspecified atom stereocenters. The van der Waals surface area contributed by atoms with Gasteiger partial charge in [0.25, 0.3) is 0 Å². The maximum absolute atomic E-state index is 2.24. The Bertz CT molecular complexity index is 423. The van der Waals surface area contributed by atoms with E-state index in [2.05, 4.69) is 48.5 Å². The molecule has 0 heteroatoms. The van der Waals surface area contributed by atoms with Crippen LogP contribution < -0.4 is 0 Å². The molecular weight excluding hydrogens is 180 g/mol. The van der Waals surface area contributed by atoms with Gasteiger partial charge in [-0.1, -0.05) is 56.0 Å². The van der Waals surface area contributed by atoms with Crippen molar-refractivity contribution < 1.29 is 0 Å². The van der Waals surface area contributed by atoms with Gasteiger partial charge in [-0.05, 0) is 35.1 Å². The molecule has 0 saturated heterocycles. The van der Waals surface area contributed by atoms with Gasteiger partial charge >= 0.3 is 0 Å². The highest BCUT2D eigenvalue weighted by Gasteiger charge is 2.13. The molecule has 0 amide bonds. The molecule has 0 N–H and O–H groups in total. The third-order valence-electron chi connectivity index (χ3n) is 2.99. The zero-order valence-electron chi connectivity index (χ0n) is 8.03. The second-order valence-corrected chi connectivity index (χ2v) is 3.81. The van der Waals surface area contributed by atoms with Crippen molar-refractivity contribution in [3.8, 4) is 11.1 Å². The summed E-state index contributed by atoms with van der Waals surface area (Å²) in [5.41, 5.74) is 5.83. The molecule has 2 aromatic carbocycles. The molecule has 1 aliphatic rings. The Morgan fingerprint density at radius 3 is 1.47 bits per heavy atom. The largest absolute Gasteiger partial charge is 0.0776 e. The summed E-state index contributed by atoms with van der Waals surface area (Å²) in [6.07, 6.45) is 2.38. The summed E-state index contributed by atoms with van der Waals surface area (Å²) in [4.78, 5) is 0. The molecule has 0 heterocycles. The summed E-state index contributed by atoms with van der Waals surface area (Å²) < 4.78 is 0. The van der Waals surface area contributed by atoms with Crippen molar-refractivity contribution in [2.24, 2.45) is 0 Å². The van der Waals surface area contributed by atoms with Crippen molar-refractivity contribution >= 4 is 0 Å². The van der Waals surface area contributed by atoms with E-state index in [0.29, 0.717) is 0 Å². The first kappa shape index (κ1) is 9.97. The van der Waals surface area contributed by atoms with Crippen molar-refractivity contribution in [2.45, 2.75) is 20.3 Å². The Morgan fingerprint density at radius 1 is 0.600 bits per heavy atom. The van der Waals surface area contributed by atoms with Crippen LogP contribution in [0.25, 0.3) is 11.1 Å². The minimum absolute atomic E-state index is 0. The van der Waals surface area contributed by atoms with Crippen LogP contribution in [-0.4, -0.2) is 0 Å². The summed E-state index contributed by atoms with van der Waals surface area (Å²) in [5.74, 6) is 0. The van der Waals surface area contributed by atoms with Crippen LogP contribution in [-0.2, 0) is 12.8 Å². The molecule has 3 rings (SSSR count). The molecule has 76 valence electrons. The lowest BCUT2D eigenvalue weighted by molar-refractivity contribution is 0.942. The molecule has 15 heavy (non-hydrogen) atoms. The molecule has 0 bridgehead atoms. The van der Waals surface area contributed by atoms with Crippen LogP contribution in [0, 0.1) is 0 Å². The van der Waals surface area contributed by atoms with Gasteiger partial charge in [0.1, 0.15) is 0 Å². The zero-order chi connectivity index (χ0) is 9.38. The standard InChI is InChI=1S/C14H12.CH4/c1-3-7-13-11(5-1)9-10-12-6-2-4-8-14(12)13;/h1-8H,9-10H2;1H4. The number of fused-ring (bicyclic) bond motifs is 3. The first-order valence-electron chi connectivity index (χ1n) is 5.11. The number of benzene rings is 2. The van der Waals surface area contributed by atoms with Gasteiger partial charge in [-0.3, -0.25) is 0 Å². The molecule has 0 fully saturated rings. The van der Waals surface area contributed by atoms with Crippen LogP contribution in [0.5, 0.6) is 0 Å². The van der Waals surface area contributed by atoms with Gasteiger partial charge in [0.05, 0.1) is 0 Å². The third-order valence-corrected chi connectivity index (χ3v) is 2.99. The molecule has 2 aromatic rings. The monoisotopic (exact) mass is 196 g/mol. The molecule has 0 aliphatic heterocycles. The number of hydrogen-bond donors (Lipinski definition) is 0. The van der Waals surface area contributed by atoms with Gasteiger partial charge in [0.15, 0.2) is 0 Å². The molecule has 0 atom stereocenters. The predicted octanol–water partition coefficient (Wildman–Crippen LogP) is 4.09. The highest BCUT2D eigenvalue weighted by molar-refractivity contribution is 5.72. The highest BCUT2D eigenvalue weighted by atomic mass is 14.2. The average molecular weight is 196 g/mol. The molecule has 0 nitrogen and oxygen atoms in total. The lowest BCUT2D eigenvalue weighted by Crippen LogP contribution is -2.02. The fourth-order valence-corrected chi connectivity index (χ4v) is 2.27. The van der Waals surface area contributed by atoms with Crippen LogP contribution in [0.2, 0.25) is 0 Å². The Morgan fingerprint density at radius 2 is 1.00 bits per heavy atom. The van der Waals surface area contributed by atoms with Crippen LogP contribution >= 0.6 is 0 Å². The lowest BCUT2D eigenvalue weighted by atomic mass is 9.86. The van der Waals surface area contributed by atoms with Gasteiger partial charge in [0, 0.05) is 0 Å². The topological polar surface area (TPSA) is 0 Å². The quantitative estimate of drug-likeness (QED) is 0.595. The number of rotatable bonds is 0. The van der Waals surface area contributed by atoms with Crippen molar-refractivity contribution in [3.63, 3.8) is 0 Å². The Kier molecular flexibility index (Phi) is 2.59. The molecule has 0 saturated carbocycles. The Labute approximate surface area is 91.6 Å². The van der Waals surface area contributed by atoms with Crippen molar-refractivity contribution in [2.75, 3.05) is 0 Å². The van der Waals surface area contributed by atoms with Crippen molar-refractivity contribution in [1.29, 1.82) is 0 Å². The normalized spacial score (nSPS) is 12.3. The Hall–Kier alpha value is -1.56. The van der Waals surface area contributed by atoms with Crippen LogP contribution in [0.4, 0.5) is 0 Å². The fraction of sp³-hybridized carbons (Fsp3) is 0.200. The van der Waals surface area contributed by atoms with E-state index in [-0.39, 0.29) is 7.43 Å².